The van der Waals surface area contributed by atoms with Crippen molar-refractivity contribution in [2.45, 2.75) is 9.79 Å². The maximum atomic E-state index is 12.5. The number of hydrogen-bond acceptors (Lipinski definition) is 12. The number of carbonyl (C=O) groups excluding carboxylic acids is 2. The van der Waals surface area contributed by atoms with E-state index < -0.39 is 36.1 Å². The molecule has 0 amide bonds. The number of rotatable bonds is 11. The first kappa shape index (κ1) is 44.7. The van der Waals surface area contributed by atoms with Crippen LogP contribution in [0.25, 0.3) is 11.1 Å². The van der Waals surface area contributed by atoms with Crippen LogP contribution in [-0.2, 0) is 30.4 Å². The molecule has 6 aromatic carbocycles. The number of carbonyl (C=O) groups is 2. The summed E-state index contributed by atoms with van der Waals surface area (Å²) in [5, 5.41) is 0. The number of hydrogen-bond donors (Lipinski definition) is 3. The summed E-state index contributed by atoms with van der Waals surface area (Å²) in [6.07, 6.45) is 0. The molecule has 15 nitrogen and oxygen atoms in total. The zero-order chi connectivity index (χ0) is 43.7. The summed E-state index contributed by atoms with van der Waals surface area (Å²) in [6, 6.07) is 36.8. The predicted octanol–water partition coefficient (Wildman–Crippen LogP) is 7.07. The van der Waals surface area contributed by atoms with E-state index in [1.54, 1.807) is 74.9 Å². The smallest absolute Gasteiger partial charge is 0.294 e. The zero-order valence-corrected chi connectivity index (χ0v) is 34.1. The van der Waals surface area contributed by atoms with E-state index in [4.69, 9.17) is 32.6 Å². The molecule has 7 rings (SSSR count). The number of ketones is 2. The van der Waals surface area contributed by atoms with Crippen molar-refractivity contribution in [2.24, 2.45) is 0 Å². The molecule has 18 heteroatoms. The molecule has 0 aliphatic heterocycles. The number of methoxy groups -OCH3 is 2. The van der Waals surface area contributed by atoms with Crippen LogP contribution in [0, 0.1) is 0 Å². The van der Waals surface area contributed by atoms with Gasteiger partial charge in [0.25, 0.3) is 30.4 Å². The van der Waals surface area contributed by atoms with Crippen molar-refractivity contribution < 1.29 is 67.4 Å². The number of benzene rings is 6. The van der Waals surface area contributed by atoms with E-state index in [1.165, 1.54) is 54.6 Å². The summed E-state index contributed by atoms with van der Waals surface area (Å²) in [5.41, 5.74) is 3.02. The Bertz CT molecular complexity index is 2810. The highest BCUT2D eigenvalue weighted by atomic mass is 32.2. The topological polar surface area (TPSA) is 234 Å². The summed E-state index contributed by atoms with van der Waals surface area (Å²) in [4.78, 5) is 24.6. The molecule has 0 atom stereocenters. The van der Waals surface area contributed by atoms with Gasteiger partial charge in [-0.2, -0.15) is 25.3 Å². The first-order chi connectivity index (χ1) is 28.4. The molecule has 1 aliphatic rings. The van der Waals surface area contributed by atoms with Gasteiger partial charge in [0.1, 0.15) is 41.1 Å². The highest BCUT2D eigenvalue weighted by molar-refractivity contribution is 7.86. The average Bonchev–Trinajstić information content (AvgIpc) is 3.23. The second kappa shape index (κ2) is 19.1. The van der Waals surface area contributed by atoms with Gasteiger partial charge in [-0.1, -0.05) is 48.5 Å². The Kier molecular flexibility index (Phi) is 14.2. The van der Waals surface area contributed by atoms with E-state index >= 15 is 0 Å². The summed E-state index contributed by atoms with van der Waals surface area (Å²) in [7, 11) is -9.26. The summed E-state index contributed by atoms with van der Waals surface area (Å²) in [6.45, 7) is -0.254. The molecule has 0 bridgehead atoms. The fraction of sp³-hybridized carbons (Fsp3) is 0.0952. The predicted molar refractivity (Wildman–Crippen MR) is 219 cm³/mol. The monoisotopic (exact) mass is 876 g/mol. The van der Waals surface area contributed by atoms with Gasteiger partial charge in [0, 0.05) is 22.3 Å². The van der Waals surface area contributed by atoms with Crippen LogP contribution in [-0.4, -0.2) is 77.1 Å². The second-order valence-electron chi connectivity index (χ2n) is 12.5. The van der Waals surface area contributed by atoms with Crippen LogP contribution in [0.5, 0.6) is 28.7 Å². The van der Waals surface area contributed by atoms with Crippen molar-refractivity contribution in [1.29, 1.82) is 0 Å². The highest BCUT2D eigenvalue weighted by Gasteiger charge is 2.29. The normalized spacial score (nSPS) is 12.0. The molecule has 0 unspecified atom stereocenters. The highest BCUT2D eigenvalue weighted by Crippen LogP contribution is 2.30. The SMILES string of the molecule is COc1ccc(-c2ccc(S(=O)(=O)O)cc2)cc1.COc1ccc(Oc2ccc(S(=O)(=O)O)cc2)cc1.O=C1c2ccccc2C(=O)c2cc(OCCS(=O)(=O)O)ccc21. The Hall–Kier alpha value is -6.41. The third kappa shape index (κ3) is 12.1. The quantitative estimate of drug-likeness (QED) is 0.110. The largest absolute Gasteiger partial charge is 0.497 e. The molecule has 312 valence electrons. The Labute approximate surface area is 346 Å². The van der Waals surface area contributed by atoms with Crippen molar-refractivity contribution in [2.75, 3.05) is 26.6 Å². The van der Waals surface area contributed by atoms with Crippen molar-refractivity contribution in [3.8, 4) is 39.9 Å². The molecular formula is C42H36O15S3. The number of fused-ring (bicyclic) bond motifs is 2. The van der Waals surface area contributed by atoms with Gasteiger partial charge in [0.2, 0.25) is 0 Å². The van der Waals surface area contributed by atoms with Gasteiger partial charge in [0.15, 0.2) is 11.6 Å². The van der Waals surface area contributed by atoms with Crippen LogP contribution < -0.4 is 18.9 Å². The standard InChI is InChI=1S/C16H12O6S.C13H12O5S.C13H12O4S/c17-15-11-3-1-2-4-12(11)16(18)14-9-10(5-6-13(14)15)22-7-8-23(19,20)21;1-17-10-2-4-11(5-3-10)18-12-6-8-13(9-7-12)19(14,15)16;1-17-12-6-2-10(3-7-12)11-4-8-13(9-5-11)18(14,15)16/h1-6,9H,7-8H2,(H,19,20,21);2-9H,1H3,(H,14,15,16);2-9H,1H3,(H,14,15,16). The lowest BCUT2D eigenvalue weighted by Gasteiger charge is -2.18. The minimum atomic E-state index is -4.17. The van der Waals surface area contributed by atoms with Gasteiger partial charge in [-0.25, -0.2) is 0 Å². The summed E-state index contributed by atoms with van der Waals surface area (Å²) < 4.78 is 112. The summed E-state index contributed by atoms with van der Waals surface area (Å²) >= 11 is 0. The average molecular weight is 877 g/mol. The Morgan fingerprint density at radius 3 is 1.27 bits per heavy atom. The molecule has 0 heterocycles. The van der Waals surface area contributed by atoms with Crippen molar-refractivity contribution >= 4 is 41.9 Å². The molecule has 6 aromatic rings. The van der Waals surface area contributed by atoms with E-state index in [2.05, 4.69) is 0 Å². The lowest BCUT2D eigenvalue weighted by atomic mass is 9.84. The molecule has 3 N–H and O–H groups in total. The van der Waals surface area contributed by atoms with Gasteiger partial charge >= 0.3 is 0 Å². The third-order valence-electron chi connectivity index (χ3n) is 8.50. The van der Waals surface area contributed by atoms with E-state index in [0.29, 0.717) is 28.4 Å². The van der Waals surface area contributed by atoms with Crippen LogP contribution in [0.3, 0.4) is 0 Å². The maximum Gasteiger partial charge on any atom is 0.294 e. The molecule has 60 heavy (non-hydrogen) atoms. The second-order valence-corrected chi connectivity index (χ2v) is 16.9. The summed E-state index contributed by atoms with van der Waals surface area (Å²) in [5.74, 6) is 1.73. The van der Waals surface area contributed by atoms with Crippen LogP contribution in [0.4, 0.5) is 0 Å². The Morgan fingerprint density at radius 2 is 0.817 bits per heavy atom. The fourth-order valence-corrected chi connectivity index (χ4v) is 6.75. The maximum absolute atomic E-state index is 12.5. The van der Waals surface area contributed by atoms with E-state index in [0.717, 1.165) is 16.9 Å². The molecule has 0 saturated heterocycles. The molecule has 0 saturated carbocycles. The van der Waals surface area contributed by atoms with Crippen molar-refractivity contribution in [3.05, 3.63) is 162 Å². The molecule has 0 radical (unpaired) electrons. The molecule has 0 spiro atoms. The Morgan fingerprint density at radius 1 is 0.450 bits per heavy atom. The third-order valence-corrected chi connectivity index (χ3v) is 10.9. The van der Waals surface area contributed by atoms with Gasteiger partial charge in [-0.05, 0) is 102 Å². The van der Waals surface area contributed by atoms with Crippen molar-refractivity contribution in [3.63, 3.8) is 0 Å². The molecule has 1 aliphatic carbocycles. The van der Waals surface area contributed by atoms with E-state index in [-0.39, 0.29) is 44.8 Å². The van der Waals surface area contributed by atoms with Gasteiger partial charge < -0.3 is 18.9 Å². The lowest BCUT2D eigenvalue weighted by molar-refractivity contribution is 0.0979. The van der Waals surface area contributed by atoms with Crippen molar-refractivity contribution in [1.82, 2.24) is 0 Å². The van der Waals surface area contributed by atoms with Crippen LogP contribution in [0.1, 0.15) is 31.8 Å². The van der Waals surface area contributed by atoms with Gasteiger partial charge in [-0.3, -0.25) is 23.2 Å². The number of ether oxygens (including phenoxy) is 4. The van der Waals surface area contributed by atoms with Crippen LogP contribution in [0.15, 0.2) is 149 Å². The lowest BCUT2D eigenvalue weighted by Crippen LogP contribution is -2.21. The first-order valence-corrected chi connectivity index (χ1v) is 21.9. The van der Waals surface area contributed by atoms with Crippen LogP contribution in [0.2, 0.25) is 0 Å². The molecular weight excluding hydrogens is 841 g/mol. The van der Waals surface area contributed by atoms with Crippen LogP contribution >= 0.6 is 0 Å². The first-order valence-electron chi connectivity index (χ1n) is 17.4. The minimum absolute atomic E-state index is 0.111. The van der Waals surface area contributed by atoms with E-state index in [1.807, 2.05) is 24.3 Å². The van der Waals surface area contributed by atoms with Gasteiger partial charge in [-0.15, -0.1) is 0 Å². The van der Waals surface area contributed by atoms with Gasteiger partial charge in [0.05, 0.1) is 24.0 Å². The molecule has 0 fully saturated rings. The Balaban J connectivity index is 0.000000172. The van der Waals surface area contributed by atoms with E-state index in [9.17, 15) is 34.8 Å². The zero-order valence-electron chi connectivity index (χ0n) is 31.7. The molecule has 0 aromatic heterocycles. The minimum Gasteiger partial charge on any atom is -0.497 e. The fourth-order valence-electron chi connectivity index (χ4n) is 5.50.